The molecule has 1 aliphatic rings. The van der Waals surface area contributed by atoms with E-state index >= 15 is 0 Å². The van der Waals surface area contributed by atoms with E-state index in [1.165, 1.54) is 16.2 Å². The molecule has 0 radical (unpaired) electrons. The van der Waals surface area contributed by atoms with E-state index in [1.807, 2.05) is 53.9 Å². The standard InChI is InChI=1S/C30H28N6O5S/c1-30(2,29(38)31-20-10-13-25-26(14-20)41-18-40-25)35(28(37)16-36-24-7-5-4-6-22(24)33-34-36)15-27-32-23(17-42-27)19-8-11-21(39-3)12-9-19/h4-14,17H,15-16,18H2,1-3H3,(H,31,38). The maximum absolute atomic E-state index is 13.9. The number of methoxy groups -OCH3 is 1. The SMILES string of the molecule is COc1ccc(-c2csc(CN(C(=O)Cn3nnc4ccccc43)C(C)(C)C(=O)Nc3ccc4c(c3)OCO4)n2)cc1. The molecule has 12 heteroatoms. The van der Waals surface area contributed by atoms with Crippen molar-refractivity contribution in [1.82, 2.24) is 24.9 Å². The molecule has 5 aromatic rings. The minimum Gasteiger partial charge on any atom is -0.497 e. The van der Waals surface area contributed by atoms with Crippen molar-refractivity contribution in [3.63, 3.8) is 0 Å². The van der Waals surface area contributed by atoms with Gasteiger partial charge in [-0.15, -0.1) is 16.4 Å². The molecule has 0 spiro atoms. The van der Waals surface area contributed by atoms with Gasteiger partial charge in [0.15, 0.2) is 11.5 Å². The second-order valence-corrected chi connectivity index (χ2v) is 11.1. The fourth-order valence-electron chi connectivity index (χ4n) is 4.64. The van der Waals surface area contributed by atoms with E-state index in [0.717, 1.165) is 22.5 Å². The van der Waals surface area contributed by atoms with E-state index in [0.29, 0.717) is 27.7 Å². The van der Waals surface area contributed by atoms with Crippen molar-refractivity contribution >= 4 is 39.9 Å². The van der Waals surface area contributed by atoms with Crippen LogP contribution in [0.2, 0.25) is 0 Å². The van der Waals surface area contributed by atoms with Gasteiger partial charge in [0.1, 0.15) is 28.4 Å². The number of benzene rings is 3. The van der Waals surface area contributed by atoms with Crippen LogP contribution in [-0.4, -0.2) is 56.1 Å². The van der Waals surface area contributed by atoms with Gasteiger partial charge >= 0.3 is 0 Å². The molecule has 2 amide bonds. The highest BCUT2D eigenvalue weighted by molar-refractivity contribution is 7.09. The molecule has 0 saturated heterocycles. The summed E-state index contributed by atoms with van der Waals surface area (Å²) in [5, 5.41) is 13.9. The molecule has 0 atom stereocenters. The Balaban J connectivity index is 1.28. The lowest BCUT2D eigenvalue weighted by Gasteiger charge is -2.37. The molecule has 1 N–H and O–H groups in total. The molecule has 0 fully saturated rings. The lowest BCUT2D eigenvalue weighted by molar-refractivity contribution is -0.145. The number of ether oxygens (including phenoxy) is 3. The number of nitrogens with zero attached hydrogens (tertiary/aromatic N) is 5. The van der Waals surface area contributed by atoms with Gasteiger partial charge in [0, 0.05) is 22.7 Å². The summed E-state index contributed by atoms with van der Waals surface area (Å²) < 4.78 is 17.6. The number of hydrogen-bond donors (Lipinski definition) is 1. The van der Waals surface area contributed by atoms with Gasteiger partial charge in [-0.05, 0) is 62.4 Å². The molecule has 42 heavy (non-hydrogen) atoms. The summed E-state index contributed by atoms with van der Waals surface area (Å²) in [5.74, 6) is 1.23. The summed E-state index contributed by atoms with van der Waals surface area (Å²) in [6.07, 6.45) is 0. The van der Waals surface area contributed by atoms with Crippen LogP contribution in [0.25, 0.3) is 22.3 Å². The largest absolute Gasteiger partial charge is 0.497 e. The van der Waals surface area contributed by atoms with E-state index in [2.05, 4.69) is 15.6 Å². The highest BCUT2D eigenvalue weighted by Gasteiger charge is 2.39. The smallest absolute Gasteiger partial charge is 0.249 e. The lowest BCUT2D eigenvalue weighted by Crippen LogP contribution is -2.55. The Hall–Kier alpha value is -4.97. The van der Waals surface area contributed by atoms with Gasteiger partial charge in [-0.2, -0.15) is 0 Å². The van der Waals surface area contributed by atoms with Crippen LogP contribution < -0.4 is 19.5 Å². The molecule has 1 aliphatic heterocycles. The van der Waals surface area contributed by atoms with Crippen molar-refractivity contribution in [2.24, 2.45) is 0 Å². The molecule has 3 aromatic carbocycles. The van der Waals surface area contributed by atoms with Gasteiger partial charge < -0.3 is 24.4 Å². The maximum Gasteiger partial charge on any atom is 0.249 e. The Labute approximate surface area is 245 Å². The molecule has 0 bridgehead atoms. The number of carbonyl (C=O) groups excluding carboxylic acids is 2. The van der Waals surface area contributed by atoms with Crippen LogP contribution >= 0.6 is 11.3 Å². The topological polar surface area (TPSA) is 121 Å². The van der Waals surface area contributed by atoms with Crippen LogP contribution in [0.5, 0.6) is 17.2 Å². The monoisotopic (exact) mass is 584 g/mol. The van der Waals surface area contributed by atoms with E-state index in [-0.39, 0.29) is 31.7 Å². The highest BCUT2D eigenvalue weighted by Crippen LogP contribution is 2.35. The van der Waals surface area contributed by atoms with E-state index in [9.17, 15) is 9.59 Å². The van der Waals surface area contributed by atoms with E-state index in [1.54, 1.807) is 43.8 Å². The quantitative estimate of drug-likeness (QED) is 0.264. The van der Waals surface area contributed by atoms with Crippen molar-refractivity contribution in [2.45, 2.75) is 32.5 Å². The van der Waals surface area contributed by atoms with E-state index < -0.39 is 5.54 Å². The number of para-hydroxylation sites is 1. The first kappa shape index (κ1) is 27.2. The highest BCUT2D eigenvalue weighted by atomic mass is 32.1. The summed E-state index contributed by atoms with van der Waals surface area (Å²) >= 11 is 1.42. The van der Waals surface area contributed by atoms with Crippen LogP contribution in [0.3, 0.4) is 0 Å². The Morgan fingerprint density at radius 3 is 2.67 bits per heavy atom. The lowest BCUT2D eigenvalue weighted by atomic mass is 10.0. The summed E-state index contributed by atoms with van der Waals surface area (Å²) in [4.78, 5) is 34.0. The molecule has 6 rings (SSSR count). The Morgan fingerprint density at radius 2 is 1.86 bits per heavy atom. The minimum atomic E-state index is -1.27. The third kappa shape index (κ3) is 5.36. The van der Waals surface area contributed by atoms with Gasteiger partial charge in [-0.1, -0.05) is 17.3 Å². The van der Waals surface area contributed by atoms with E-state index in [4.69, 9.17) is 19.2 Å². The summed E-state index contributed by atoms with van der Waals surface area (Å²) in [6.45, 7) is 3.57. The zero-order valence-electron chi connectivity index (χ0n) is 23.2. The number of carbonyl (C=O) groups is 2. The molecular formula is C30H28N6O5S. The number of aromatic nitrogens is 4. The predicted octanol–water partition coefficient (Wildman–Crippen LogP) is 4.74. The molecule has 0 unspecified atom stereocenters. The van der Waals surface area contributed by atoms with Gasteiger partial charge in [0.2, 0.25) is 18.6 Å². The zero-order valence-corrected chi connectivity index (χ0v) is 24.1. The third-order valence-corrected chi connectivity index (χ3v) is 7.93. The fourth-order valence-corrected chi connectivity index (χ4v) is 5.43. The average molecular weight is 585 g/mol. The summed E-state index contributed by atoms with van der Waals surface area (Å²) in [7, 11) is 1.62. The molecule has 214 valence electrons. The molecule has 11 nitrogen and oxygen atoms in total. The van der Waals surface area contributed by atoms with Crippen LogP contribution in [0.15, 0.2) is 72.1 Å². The number of amides is 2. The number of thiazole rings is 1. The van der Waals surface area contributed by atoms with Gasteiger partial charge in [0.25, 0.3) is 0 Å². The van der Waals surface area contributed by atoms with Crippen molar-refractivity contribution in [2.75, 3.05) is 19.2 Å². The number of rotatable bonds is 9. The van der Waals surface area contributed by atoms with Crippen LogP contribution in [0, 0.1) is 0 Å². The van der Waals surface area contributed by atoms with Gasteiger partial charge in [-0.25, -0.2) is 9.67 Å². The first-order chi connectivity index (χ1) is 20.3. The van der Waals surface area contributed by atoms with Gasteiger partial charge in [0.05, 0.1) is 24.9 Å². The van der Waals surface area contributed by atoms with Crippen molar-refractivity contribution in [1.29, 1.82) is 0 Å². The van der Waals surface area contributed by atoms with Crippen LogP contribution in [-0.2, 0) is 22.7 Å². The molecule has 0 aliphatic carbocycles. The number of fused-ring (bicyclic) bond motifs is 2. The Bertz CT molecular complexity index is 1760. The number of nitrogens with one attached hydrogen (secondary N) is 1. The minimum absolute atomic E-state index is 0.0992. The predicted molar refractivity (Wildman–Crippen MR) is 157 cm³/mol. The maximum atomic E-state index is 13.9. The van der Waals surface area contributed by atoms with Gasteiger partial charge in [-0.3, -0.25) is 9.59 Å². The Morgan fingerprint density at radius 1 is 1.07 bits per heavy atom. The van der Waals surface area contributed by atoms with Crippen molar-refractivity contribution in [3.05, 3.63) is 77.1 Å². The summed E-state index contributed by atoms with van der Waals surface area (Å²) in [6, 6.07) is 20.2. The first-order valence-electron chi connectivity index (χ1n) is 13.2. The molecule has 3 heterocycles. The molecule has 0 saturated carbocycles. The normalized spacial score (nSPS) is 12.4. The molecule has 2 aromatic heterocycles. The third-order valence-electron chi connectivity index (χ3n) is 7.10. The number of anilines is 1. The Kier molecular flexibility index (Phi) is 7.21. The van der Waals surface area contributed by atoms with Crippen molar-refractivity contribution in [3.8, 4) is 28.5 Å². The zero-order chi connectivity index (χ0) is 29.3. The molecular weight excluding hydrogens is 556 g/mol. The number of hydrogen-bond acceptors (Lipinski definition) is 9. The average Bonchev–Trinajstić information content (AvgIpc) is 3.76. The second kappa shape index (κ2) is 11.1. The first-order valence-corrected chi connectivity index (χ1v) is 14.1. The van der Waals surface area contributed by atoms with Crippen LogP contribution in [0.4, 0.5) is 5.69 Å². The van der Waals surface area contributed by atoms with Crippen molar-refractivity contribution < 1.29 is 23.8 Å². The second-order valence-electron chi connectivity index (χ2n) is 10.2. The summed E-state index contributed by atoms with van der Waals surface area (Å²) in [5.41, 5.74) is 2.36. The fraction of sp³-hybridized carbons (Fsp3) is 0.233. The van der Waals surface area contributed by atoms with Crippen LogP contribution in [0.1, 0.15) is 18.9 Å².